The van der Waals surface area contributed by atoms with E-state index < -0.39 is 36.4 Å². The third-order valence-corrected chi connectivity index (χ3v) is 2.88. The van der Waals surface area contributed by atoms with Crippen molar-refractivity contribution in [3.05, 3.63) is 0 Å². The minimum absolute atomic E-state index is 0.160. The highest BCUT2D eigenvalue weighted by Crippen LogP contribution is 2.11. The largest absolute Gasteiger partial charge is 0.480 e. The molecule has 0 aliphatic heterocycles. The number of nitrogens with zero attached hydrogens (tertiary/aromatic N) is 1. The molecule has 7 heteroatoms. The van der Waals surface area contributed by atoms with E-state index in [9.17, 15) is 14.4 Å². The predicted molar refractivity (Wildman–Crippen MR) is 64.1 cm³/mol. The molecule has 0 heterocycles. The van der Waals surface area contributed by atoms with Crippen molar-refractivity contribution >= 4 is 30.5 Å². The molecule has 0 aromatic rings. The van der Waals surface area contributed by atoms with E-state index in [2.05, 4.69) is 12.6 Å². The zero-order valence-corrected chi connectivity index (χ0v) is 10.7. The normalized spacial score (nSPS) is 13.8. The number of rotatable bonds is 7. The summed E-state index contributed by atoms with van der Waals surface area (Å²) >= 11 is 3.95. The lowest BCUT2D eigenvalue weighted by Crippen LogP contribution is -2.49. The highest BCUT2D eigenvalue weighted by atomic mass is 32.1. The van der Waals surface area contributed by atoms with Gasteiger partial charge in [0.05, 0.1) is 0 Å². The van der Waals surface area contributed by atoms with E-state index >= 15 is 0 Å². The molecular formula is C10H17NO5S. The van der Waals surface area contributed by atoms with E-state index in [-0.39, 0.29) is 12.2 Å². The molecule has 0 aromatic carbocycles. The summed E-state index contributed by atoms with van der Waals surface area (Å²) in [6.07, 6.45) is 0.160. The van der Waals surface area contributed by atoms with Crippen molar-refractivity contribution in [1.82, 2.24) is 4.90 Å². The van der Waals surface area contributed by atoms with Gasteiger partial charge >= 0.3 is 11.9 Å². The van der Waals surface area contributed by atoms with Crippen LogP contribution in [-0.2, 0) is 14.4 Å². The molecule has 17 heavy (non-hydrogen) atoms. The van der Waals surface area contributed by atoms with E-state index in [1.54, 1.807) is 13.8 Å². The number of carboxylic acid groups (broad SMARTS) is 2. The summed E-state index contributed by atoms with van der Waals surface area (Å²) in [5.74, 6) is -3.20. The van der Waals surface area contributed by atoms with Crippen LogP contribution in [0.25, 0.3) is 0 Å². The Balaban J connectivity index is 5.03. The number of amides is 1. The van der Waals surface area contributed by atoms with Crippen LogP contribution in [0.1, 0.15) is 20.3 Å². The SMILES string of the molecule is CC[C@H](C(=O)O)N(CC(=O)O)C(=O)[C@H](C)CS. The van der Waals surface area contributed by atoms with Crippen molar-refractivity contribution in [3.8, 4) is 0 Å². The molecule has 0 rings (SSSR count). The van der Waals surface area contributed by atoms with Gasteiger partial charge in [0.25, 0.3) is 0 Å². The number of carbonyl (C=O) groups excluding carboxylic acids is 1. The molecule has 2 atom stereocenters. The van der Waals surface area contributed by atoms with Gasteiger partial charge in [-0.05, 0) is 6.42 Å². The first kappa shape index (κ1) is 15.8. The van der Waals surface area contributed by atoms with Crippen LogP contribution in [0, 0.1) is 5.92 Å². The Hall–Kier alpha value is -1.24. The summed E-state index contributed by atoms with van der Waals surface area (Å²) in [6.45, 7) is 2.56. The van der Waals surface area contributed by atoms with Crippen LogP contribution in [0.3, 0.4) is 0 Å². The lowest BCUT2D eigenvalue weighted by molar-refractivity contribution is -0.155. The van der Waals surface area contributed by atoms with Crippen molar-refractivity contribution in [1.29, 1.82) is 0 Å². The number of thiol groups is 1. The number of carboxylic acids is 2. The van der Waals surface area contributed by atoms with Crippen LogP contribution >= 0.6 is 12.6 Å². The van der Waals surface area contributed by atoms with E-state index in [1.807, 2.05) is 0 Å². The lowest BCUT2D eigenvalue weighted by atomic mass is 10.1. The Kier molecular flexibility index (Phi) is 6.64. The smallest absolute Gasteiger partial charge is 0.326 e. The molecule has 0 aliphatic rings. The second-order valence-electron chi connectivity index (χ2n) is 3.71. The van der Waals surface area contributed by atoms with Gasteiger partial charge in [0, 0.05) is 11.7 Å². The third kappa shape index (κ3) is 4.64. The molecule has 0 radical (unpaired) electrons. The van der Waals surface area contributed by atoms with Crippen LogP contribution in [0.2, 0.25) is 0 Å². The van der Waals surface area contributed by atoms with Crippen LogP contribution in [-0.4, -0.2) is 51.3 Å². The molecule has 0 aromatic heterocycles. The number of carbonyl (C=O) groups is 3. The zero-order chi connectivity index (χ0) is 13.6. The van der Waals surface area contributed by atoms with E-state index in [4.69, 9.17) is 10.2 Å². The molecule has 0 saturated heterocycles. The van der Waals surface area contributed by atoms with E-state index in [0.29, 0.717) is 0 Å². The molecule has 98 valence electrons. The average molecular weight is 263 g/mol. The topological polar surface area (TPSA) is 94.9 Å². The Morgan fingerprint density at radius 1 is 1.29 bits per heavy atom. The molecule has 6 nitrogen and oxygen atoms in total. The molecule has 0 saturated carbocycles. The van der Waals surface area contributed by atoms with Gasteiger partial charge in [-0.2, -0.15) is 12.6 Å². The number of aliphatic carboxylic acids is 2. The van der Waals surface area contributed by atoms with Gasteiger partial charge < -0.3 is 15.1 Å². The fourth-order valence-corrected chi connectivity index (χ4v) is 1.53. The number of hydrogen-bond donors (Lipinski definition) is 3. The van der Waals surface area contributed by atoms with Crippen molar-refractivity contribution in [2.24, 2.45) is 5.92 Å². The summed E-state index contributed by atoms with van der Waals surface area (Å²) in [5.41, 5.74) is 0. The lowest BCUT2D eigenvalue weighted by Gasteiger charge is -2.28. The first-order chi connectivity index (χ1) is 7.84. The second-order valence-corrected chi connectivity index (χ2v) is 4.07. The van der Waals surface area contributed by atoms with Crippen LogP contribution in [0.5, 0.6) is 0 Å². The van der Waals surface area contributed by atoms with Crippen LogP contribution < -0.4 is 0 Å². The first-order valence-electron chi connectivity index (χ1n) is 5.21. The Bertz CT molecular complexity index is 307. The summed E-state index contributed by atoms with van der Waals surface area (Å²) in [7, 11) is 0. The van der Waals surface area contributed by atoms with E-state index in [1.165, 1.54) is 0 Å². The number of hydrogen-bond acceptors (Lipinski definition) is 4. The van der Waals surface area contributed by atoms with Gasteiger partial charge in [0.1, 0.15) is 12.6 Å². The zero-order valence-electron chi connectivity index (χ0n) is 9.79. The first-order valence-corrected chi connectivity index (χ1v) is 5.84. The van der Waals surface area contributed by atoms with Gasteiger partial charge in [-0.1, -0.05) is 13.8 Å². The predicted octanol–water partition coefficient (Wildman–Crippen LogP) is 0.329. The molecule has 2 N–H and O–H groups in total. The fourth-order valence-electron chi connectivity index (χ4n) is 1.38. The highest BCUT2D eigenvalue weighted by molar-refractivity contribution is 7.80. The molecule has 1 amide bonds. The Morgan fingerprint density at radius 2 is 1.82 bits per heavy atom. The van der Waals surface area contributed by atoms with E-state index in [0.717, 1.165) is 4.90 Å². The fraction of sp³-hybridized carbons (Fsp3) is 0.700. The summed E-state index contributed by atoms with van der Waals surface area (Å²) in [4.78, 5) is 34.4. The van der Waals surface area contributed by atoms with Crippen molar-refractivity contribution < 1.29 is 24.6 Å². The maximum absolute atomic E-state index is 11.9. The van der Waals surface area contributed by atoms with Gasteiger partial charge in [-0.3, -0.25) is 9.59 Å². The standard InChI is InChI=1S/C10H17NO5S/c1-3-7(10(15)16)11(4-8(12)13)9(14)6(2)5-17/h6-7,17H,3-5H2,1-2H3,(H,12,13)(H,15,16)/t6-,7-/m1/s1. The van der Waals surface area contributed by atoms with Crippen LogP contribution in [0.4, 0.5) is 0 Å². The van der Waals surface area contributed by atoms with Gasteiger partial charge in [-0.15, -0.1) is 0 Å². The molecule has 0 bridgehead atoms. The third-order valence-electron chi connectivity index (χ3n) is 2.33. The quantitative estimate of drug-likeness (QED) is 0.575. The average Bonchev–Trinajstić information content (AvgIpc) is 2.25. The highest BCUT2D eigenvalue weighted by Gasteiger charge is 2.31. The van der Waals surface area contributed by atoms with Crippen molar-refractivity contribution in [3.63, 3.8) is 0 Å². The van der Waals surface area contributed by atoms with Gasteiger partial charge in [0.2, 0.25) is 5.91 Å². The van der Waals surface area contributed by atoms with Crippen molar-refractivity contribution in [2.45, 2.75) is 26.3 Å². The van der Waals surface area contributed by atoms with Gasteiger partial charge in [-0.25, -0.2) is 4.79 Å². The molecule has 0 fully saturated rings. The minimum Gasteiger partial charge on any atom is -0.480 e. The minimum atomic E-state index is -1.23. The monoisotopic (exact) mass is 263 g/mol. The summed E-state index contributed by atoms with van der Waals surface area (Å²) < 4.78 is 0. The second kappa shape index (κ2) is 7.16. The maximum atomic E-state index is 11.9. The summed E-state index contributed by atoms with van der Waals surface area (Å²) in [5, 5.41) is 17.7. The maximum Gasteiger partial charge on any atom is 0.326 e. The molecule has 0 spiro atoms. The molecule has 0 unspecified atom stereocenters. The molecule has 0 aliphatic carbocycles. The van der Waals surface area contributed by atoms with Crippen LogP contribution in [0.15, 0.2) is 0 Å². The Morgan fingerprint density at radius 3 is 2.12 bits per heavy atom. The summed E-state index contributed by atoms with van der Waals surface area (Å²) in [6, 6.07) is -1.11. The van der Waals surface area contributed by atoms with Gasteiger partial charge in [0.15, 0.2) is 0 Å². The Labute approximate surface area is 105 Å². The molecular weight excluding hydrogens is 246 g/mol. The van der Waals surface area contributed by atoms with Crippen molar-refractivity contribution in [2.75, 3.05) is 12.3 Å².